The highest BCUT2D eigenvalue weighted by Crippen LogP contribution is 2.37. The van der Waals surface area contributed by atoms with Gasteiger partial charge in [-0.15, -0.1) is 0 Å². The average molecular weight is 525 g/mol. The van der Waals surface area contributed by atoms with Crippen LogP contribution in [0.25, 0.3) is 11.1 Å². The lowest BCUT2D eigenvalue weighted by Gasteiger charge is -2.18. The Labute approximate surface area is 228 Å². The predicted octanol–water partition coefficient (Wildman–Crippen LogP) is 6.73. The fourth-order valence-corrected chi connectivity index (χ4v) is 3.91. The van der Waals surface area contributed by atoms with Gasteiger partial charge in [0, 0.05) is 17.7 Å². The third-order valence-corrected chi connectivity index (χ3v) is 5.85. The van der Waals surface area contributed by atoms with Crippen molar-refractivity contribution in [2.24, 2.45) is 0 Å². The minimum absolute atomic E-state index is 0.189. The van der Waals surface area contributed by atoms with E-state index in [1.165, 1.54) is 5.56 Å². The van der Waals surface area contributed by atoms with Crippen LogP contribution in [0.3, 0.4) is 0 Å². The van der Waals surface area contributed by atoms with Crippen LogP contribution in [0, 0.1) is 6.92 Å². The molecule has 0 atom stereocenters. The molecule has 0 aliphatic carbocycles. The van der Waals surface area contributed by atoms with Crippen molar-refractivity contribution in [2.45, 2.75) is 20.8 Å². The molecule has 200 valence electrons. The van der Waals surface area contributed by atoms with E-state index in [-0.39, 0.29) is 18.4 Å². The molecule has 0 spiro atoms. The molecule has 2 amide bonds. The molecule has 0 unspecified atom stereocenters. The van der Waals surface area contributed by atoms with E-state index in [2.05, 4.69) is 41.8 Å². The number of hydrogen-bond acceptors (Lipinski definition) is 5. The number of carbonyl (C=O) groups is 2. The Morgan fingerprint density at radius 3 is 1.77 bits per heavy atom. The maximum atomic E-state index is 12.8. The number of hydrogen-bond donors (Lipinski definition) is 2. The molecular weight excluding hydrogens is 492 g/mol. The molecule has 4 aromatic rings. The summed E-state index contributed by atoms with van der Waals surface area (Å²) in [6, 6.07) is 28.1. The van der Waals surface area contributed by atoms with Gasteiger partial charge in [0.2, 0.25) is 0 Å². The SMILES string of the molecule is CCOc1cc(NC(=O)c2ccccc2)c(OCC)cc1NC(=O)COc1ccc(-c2ccc(C)cc2)cc1. The summed E-state index contributed by atoms with van der Waals surface area (Å²) in [6.45, 7) is 6.29. The van der Waals surface area contributed by atoms with Gasteiger partial charge in [-0.2, -0.15) is 0 Å². The topological polar surface area (TPSA) is 85.9 Å². The van der Waals surface area contributed by atoms with E-state index in [0.29, 0.717) is 47.4 Å². The molecule has 0 aromatic heterocycles. The second-order valence-electron chi connectivity index (χ2n) is 8.76. The van der Waals surface area contributed by atoms with Crippen LogP contribution in [-0.4, -0.2) is 31.6 Å². The summed E-state index contributed by atoms with van der Waals surface area (Å²) in [6.07, 6.45) is 0. The van der Waals surface area contributed by atoms with Crippen molar-refractivity contribution in [3.63, 3.8) is 0 Å². The Morgan fingerprint density at radius 2 is 1.21 bits per heavy atom. The van der Waals surface area contributed by atoms with Crippen LogP contribution >= 0.6 is 0 Å². The lowest BCUT2D eigenvalue weighted by molar-refractivity contribution is -0.118. The Hall–Kier alpha value is -4.78. The van der Waals surface area contributed by atoms with Crippen LogP contribution in [0.1, 0.15) is 29.8 Å². The van der Waals surface area contributed by atoms with Gasteiger partial charge in [0.05, 0.1) is 24.6 Å². The first-order valence-corrected chi connectivity index (χ1v) is 12.9. The Bertz CT molecular complexity index is 1400. The van der Waals surface area contributed by atoms with E-state index in [9.17, 15) is 9.59 Å². The molecule has 0 aliphatic rings. The number of carbonyl (C=O) groups excluding carboxylic acids is 2. The number of aryl methyl sites for hydroxylation is 1. The lowest BCUT2D eigenvalue weighted by atomic mass is 10.0. The molecule has 0 radical (unpaired) electrons. The maximum Gasteiger partial charge on any atom is 0.262 e. The third-order valence-electron chi connectivity index (χ3n) is 5.85. The largest absolute Gasteiger partial charge is 0.492 e. The second kappa shape index (κ2) is 13.1. The standard InChI is InChI=1S/C32H32N2O5/c1-4-37-29-20-28(34-32(36)25-9-7-6-8-10-25)30(38-5-2)19-27(29)33-31(35)21-39-26-17-15-24(16-18-26)23-13-11-22(3)12-14-23/h6-20H,4-5,21H2,1-3H3,(H,33,35)(H,34,36). The summed E-state index contributed by atoms with van der Waals surface area (Å²) < 4.78 is 17.2. The maximum absolute atomic E-state index is 12.8. The first-order chi connectivity index (χ1) is 19.0. The van der Waals surface area contributed by atoms with E-state index in [4.69, 9.17) is 14.2 Å². The molecule has 0 saturated heterocycles. The molecule has 7 nitrogen and oxygen atoms in total. The van der Waals surface area contributed by atoms with E-state index in [0.717, 1.165) is 11.1 Å². The number of amides is 2. The third kappa shape index (κ3) is 7.38. The zero-order valence-electron chi connectivity index (χ0n) is 22.3. The molecule has 7 heteroatoms. The Balaban J connectivity index is 1.44. The minimum Gasteiger partial charge on any atom is -0.492 e. The molecule has 0 fully saturated rings. The highest BCUT2D eigenvalue weighted by atomic mass is 16.5. The first-order valence-electron chi connectivity index (χ1n) is 12.9. The first kappa shape index (κ1) is 27.3. The number of anilines is 2. The highest BCUT2D eigenvalue weighted by molar-refractivity contribution is 6.05. The van der Waals surface area contributed by atoms with Crippen LogP contribution in [0.15, 0.2) is 91.0 Å². The van der Waals surface area contributed by atoms with Crippen LogP contribution in [-0.2, 0) is 4.79 Å². The van der Waals surface area contributed by atoms with Crippen molar-refractivity contribution in [3.8, 4) is 28.4 Å². The molecule has 2 N–H and O–H groups in total. The number of ether oxygens (including phenoxy) is 3. The van der Waals surface area contributed by atoms with Gasteiger partial charge in [-0.05, 0) is 56.2 Å². The normalized spacial score (nSPS) is 10.4. The average Bonchev–Trinajstić information content (AvgIpc) is 2.95. The predicted molar refractivity (Wildman–Crippen MR) is 154 cm³/mol. The lowest BCUT2D eigenvalue weighted by Crippen LogP contribution is -2.21. The molecular formula is C32H32N2O5. The number of nitrogens with one attached hydrogen (secondary N) is 2. The second-order valence-corrected chi connectivity index (χ2v) is 8.76. The van der Waals surface area contributed by atoms with Gasteiger partial charge in [0.15, 0.2) is 6.61 Å². The van der Waals surface area contributed by atoms with E-state index in [1.54, 1.807) is 36.4 Å². The molecule has 0 aliphatic heterocycles. The summed E-state index contributed by atoms with van der Waals surface area (Å²) in [5.74, 6) is 0.757. The summed E-state index contributed by atoms with van der Waals surface area (Å²) in [7, 11) is 0. The van der Waals surface area contributed by atoms with Gasteiger partial charge in [0.1, 0.15) is 17.2 Å². The van der Waals surface area contributed by atoms with Gasteiger partial charge < -0.3 is 24.8 Å². The van der Waals surface area contributed by atoms with E-state index in [1.807, 2.05) is 44.2 Å². The van der Waals surface area contributed by atoms with Crippen LogP contribution in [0.2, 0.25) is 0 Å². The number of rotatable bonds is 11. The van der Waals surface area contributed by atoms with Gasteiger partial charge in [-0.1, -0.05) is 60.2 Å². The van der Waals surface area contributed by atoms with E-state index < -0.39 is 0 Å². The summed E-state index contributed by atoms with van der Waals surface area (Å²) in [4.78, 5) is 25.5. The van der Waals surface area contributed by atoms with E-state index >= 15 is 0 Å². The fourth-order valence-electron chi connectivity index (χ4n) is 3.91. The molecule has 4 rings (SSSR count). The molecule has 0 saturated carbocycles. The summed E-state index contributed by atoms with van der Waals surface area (Å²) >= 11 is 0. The monoisotopic (exact) mass is 524 g/mol. The van der Waals surface area contributed by atoms with Gasteiger partial charge >= 0.3 is 0 Å². The molecule has 0 heterocycles. The van der Waals surface area contributed by atoms with Gasteiger partial charge in [0.25, 0.3) is 11.8 Å². The van der Waals surface area contributed by atoms with Gasteiger partial charge in [-0.3, -0.25) is 9.59 Å². The smallest absolute Gasteiger partial charge is 0.262 e. The molecule has 0 bridgehead atoms. The fraction of sp³-hybridized carbons (Fsp3) is 0.188. The van der Waals surface area contributed by atoms with Crippen LogP contribution in [0.5, 0.6) is 17.2 Å². The molecule has 4 aromatic carbocycles. The number of benzene rings is 4. The Morgan fingerprint density at radius 1 is 0.667 bits per heavy atom. The van der Waals surface area contributed by atoms with Crippen LogP contribution < -0.4 is 24.8 Å². The van der Waals surface area contributed by atoms with Crippen molar-refractivity contribution < 1.29 is 23.8 Å². The quantitative estimate of drug-likeness (QED) is 0.227. The van der Waals surface area contributed by atoms with Crippen LogP contribution in [0.4, 0.5) is 11.4 Å². The zero-order valence-corrected chi connectivity index (χ0v) is 22.3. The highest BCUT2D eigenvalue weighted by Gasteiger charge is 2.17. The van der Waals surface area contributed by atoms with Crippen molar-refractivity contribution in [1.29, 1.82) is 0 Å². The van der Waals surface area contributed by atoms with Crippen molar-refractivity contribution in [2.75, 3.05) is 30.5 Å². The Kier molecular flexibility index (Phi) is 9.19. The summed E-state index contributed by atoms with van der Waals surface area (Å²) in [5.41, 5.74) is 4.76. The zero-order chi connectivity index (χ0) is 27.6. The van der Waals surface area contributed by atoms with Crippen molar-refractivity contribution >= 4 is 23.2 Å². The molecule has 39 heavy (non-hydrogen) atoms. The van der Waals surface area contributed by atoms with Crippen molar-refractivity contribution in [3.05, 3.63) is 102 Å². The van der Waals surface area contributed by atoms with Gasteiger partial charge in [-0.25, -0.2) is 0 Å². The minimum atomic E-state index is -0.359. The summed E-state index contributed by atoms with van der Waals surface area (Å²) in [5, 5.41) is 5.71. The van der Waals surface area contributed by atoms with Crippen molar-refractivity contribution in [1.82, 2.24) is 0 Å².